The lowest BCUT2D eigenvalue weighted by molar-refractivity contribution is -0.146. The third-order valence-corrected chi connectivity index (χ3v) is 19.6. The number of imidazole rings is 1. The van der Waals surface area contributed by atoms with Gasteiger partial charge in [0.2, 0.25) is 41.4 Å². The number of piperidine rings is 1. The Hall–Kier alpha value is -8.53. The first-order chi connectivity index (χ1) is 42.3. The van der Waals surface area contributed by atoms with Gasteiger partial charge in [0, 0.05) is 61.9 Å². The van der Waals surface area contributed by atoms with E-state index in [0.717, 1.165) is 48.8 Å². The lowest BCUT2D eigenvalue weighted by Crippen LogP contribution is -2.62. The van der Waals surface area contributed by atoms with E-state index in [4.69, 9.17) is 14.8 Å². The lowest BCUT2D eigenvalue weighted by atomic mass is 9.78. The highest BCUT2D eigenvalue weighted by Gasteiger charge is 2.47. The zero-order valence-corrected chi connectivity index (χ0v) is 50.5. The molecule has 3 saturated heterocycles. The fraction of sp³-hybridized carbons (Fsp3) is 0.438. The van der Waals surface area contributed by atoms with Crippen LogP contribution < -0.4 is 32.7 Å². The Bertz CT molecular complexity index is 3710. The summed E-state index contributed by atoms with van der Waals surface area (Å²) in [6, 6.07) is 24.7. The molecule has 5 atom stereocenters. The largest absolute Gasteiger partial charge is 0.401 e. The third kappa shape index (κ3) is 13.8. The number of primary amides is 1. The number of rotatable bonds is 22. The van der Waals surface area contributed by atoms with E-state index < -0.39 is 84.8 Å². The third-order valence-electron chi connectivity index (χ3n) is 17.6. The Morgan fingerprint density at radius 3 is 2.10 bits per heavy atom. The van der Waals surface area contributed by atoms with Gasteiger partial charge in [0.15, 0.2) is 0 Å². The van der Waals surface area contributed by atoms with E-state index in [1.807, 2.05) is 78.9 Å². The number of fused-ring (bicyclic) bond motifs is 3. The van der Waals surface area contributed by atoms with E-state index in [1.54, 1.807) is 31.9 Å². The van der Waals surface area contributed by atoms with Gasteiger partial charge in [-0.2, -0.15) is 0 Å². The standard InChI is InChI=1S/C64H75N10O13P/c1-4-86-88(85,87-5-2)63(83)43-21-23-46-44(35-43)36-48(66-46)59(79)68-49-37-72(56(77)34-39-18-16-38(17-19-39)32-40-20-25-50-53(33-40)71(3)64(84)74(50)52-27-29-55(76)69-61(52)81)31-30-45-22-26-51(73(45)62(49)82)60(80)67-47(24-28-54(65)75)58(78)70-57(41-12-8-6-9-13-41)42-14-10-7-11-15-42/h6-15,20-21,23,25,33,35-36,38-39,45,47,49,51-52,57,66H,4-5,16-19,22,24,26-32,34,37H2,1-3H3,(H2,65,75)(H,67,80)(H,68,79)(H,70,78)(H,69,76,81)/t38?,39?,45-,47+,49+,51+,52+/m1/s1. The number of aromatic nitrogens is 3. The van der Waals surface area contributed by atoms with Gasteiger partial charge in [0.25, 0.3) is 11.4 Å². The van der Waals surface area contributed by atoms with Crippen molar-refractivity contribution in [2.45, 2.75) is 134 Å². The summed E-state index contributed by atoms with van der Waals surface area (Å²) < 4.78 is 27.0. The van der Waals surface area contributed by atoms with Crippen LogP contribution >= 0.6 is 7.60 Å². The fourth-order valence-electron chi connectivity index (χ4n) is 13.1. The van der Waals surface area contributed by atoms with Crippen molar-refractivity contribution in [3.05, 3.63) is 142 Å². The van der Waals surface area contributed by atoms with E-state index in [-0.39, 0.29) is 99.5 Å². The van der Waals surface area contributed by atoms with E-state index in [1.165, 1.54) is 32.2 Å². The zero-order valence-electron chi connectivity index (χ0n) is 49.6. The van der Waals surface area contributed by atoms with Crippen LogP contribution in [-0.4, -0.2) is 127 Å². The first kappa shape index (κ1) is 62.5. The van der Waals surface area contributed by atoms with E-state index in [0.29, 0.717) is 40.7 Å². The van der Waals surface area contributed by atoms with Crippen LogP contribution in [0.5, 0.6) is 0 Å². The molecule has 7 N–H and O–H groups in total. The van der Waals surface area contributed by atoms with Crippen LogP contribution in [0.4, 0.5) is 0 Å². The van der Waals surface area contributed by atoms with Crippen LogP contribution in [-0.2, 0) is 60.6 Å². The summed E-state index contributed by atoms with van der Waals surface area (Å²) in [5.74, 6) is -3.93. The van der Waals surface area contributed by atoms with Crippen LogP contribution in [0, 0.1) is 11.8 Å². The van der Waals surface area contributed by atoms with E-state index >= 15 is 4.79 Å². The number of benzene rings is 4. The number of H-pyrrole nitrogens is 1. The number of hydrogen-bond donors (Lipinski definition) is 6. The first-order valence-electron chi connectivity index (χ1n) is 30.3. The number of nitrogens with one attached hydrogen (secondary N) is 5. The molecule has 1 aliphatic carbocycles. The number of carbonyl (C=O) groups excluding carboxylic acids is 9. The average Bonchev–Trinajstić information content (AvgIpc) is 1.84. The number of aryl methyl sites for hydroxylation is 1. The molecule has 5 heterocycles. The molecule has 3 aliphatic heterocycles. The maximum atomic E-state index is 15.3. The highest BCUT2D eigenvalue weighted by molar-refractivity contribution is 7.72. The van der Waals surface area contributed by atoms with Crippen molar-refractivity contribution in [2.24, 2.45) is 24.6 Å². The number of aromatic amines is 1. The van der Waals surface area contributed by atoms with Crippen LogP contribution in [0.15, 0.2) is 108 Å². The van der Waals surface area contributed by atoms with Gasteiger partial charge in [0.1, 0.15) is 29.9 Å². The molecule has 4 aliphatic rings. The monoisotopic (exact) mass is 1220 g/mol. The van der Waals surface area contributed by atoms with Crippen LogP contribution in [0.25, 0.3) is 21.9 Å². The summed E-state index contributed by atoms with van der Waals surface area (Å²) in [6.45, 7) is 3.10. The van der Waals surface area contributed by atoms with Gasteiger partial charge in [-0.25, -0.2) is 4.79 Å². The summed E-state index contributed by atoms with van der Waals surface area (Å²) in [5.41, 5.74) is 8.78. The molecule has 4 fully saturated rings. The topological polar surface area (TPSA) is 312 Å². The highest BCUT2D eigenvalue weighted by Crippen LogP contribution is 2.51. The average molecular weight is 1220 g/mol. The van der Waals surface area contributed by atoms with Crippen molar-refractivity contribution in [1.82, 2.24) is 45.2 Å². The molecule has 10 rings (SSSR count). The Labute approximate surface area is 508 Å². The number of imide groups is 1. The fourth-order valence-corrected chi connectivity index (χ4v) is 14.5. The molecule has 0 spiro atoms. The summed E-state index contributed by atoms with van der Waals surface area (Å²) in [4.78, 5) is 143. The highest BCUT2D eigenvalue weighted by atomic mass is 31.2. The number of carbonyl (C=O) groups is 9. The molecular formula is C64H75N10O13P. The summed E-state index contributed by atoms with van der Waals surface area (Å²) in [6.07, 6.45) is 5.08. The molecule has 0 unspecified atom stereocenters. The van der Waals surface area contributed by atoms with Gasteiger partial charge >= 0.3 is 13.3 Å². The first-order valence-corrected chi connectivity index (χ1v) is 31.9. The number of amides is 8. The number of hydrogen-bond acceptors (Lipinski definition) is 13. The van der Waals surface area contributed by atoms with E-state index in [2.05, 4.69) is 26.3 Å². The Kier molecular flexibility index (Phi) is 19.4. The van der Waals surface area contributed by atoms with Crippen molar-refractivity contribution in [3.63, 3.8) is 0 Å². The summed E-state index contributed by atoms with van der Waals surface area (Å²) in [5, 5.41) is 11.6. The van der Waals surface area contributed by atoms with Gasteiger partial charge < -0.3 is 45.5 Å². The minimum atomic E-state index is -4.18. The molecule has 1 saturated carbocycles. The number of nitrogens with two attached hydrogens (primary N) is 1. The lowest BCUT2D eigenvalue weighted by Gasteiger charge is -2.39. The molecule has 464 valence electrons. The molecule has 2 aromatic heterocycles. The minimum absolute atomic E-state index is 0.0105. The smallest absolute Gasteiger partial charge is 0.370 e. The molecule has 6 aromatic rings. The molecule has 4 aromatic carbocycles. The second-order valence-electron chi connectivity index (χ2n) is 23.4. The minimum Gasteiger partial charge on any atom is -0.370 e. The summed E-state index contributed by atoms with van der Waals surface area (Å²) in [7, 11) is -2.52. The van der Waals surface area contributed by atoms with Gasteiger partial charge in [-0.05, 0) is 143 Å². The molecule has 88 heavy (non-hydrogen) atoms. The van der Waals surface area contributed by atoms with Gasteiger partial charge in [-0.15, -0.1) is 0 Å². The quantitative estimate of drug-likeness (QED) is 0.0337. The van der Waals surface area contributed by atoms with Gasteiger partial charge in [-0.1, -0.05) is 66.7 Å². The molecule has 0 radical (unpaired) electrons. The second kappa shape index (κ2) is 27.2. The van der Waals surface area contributed by atoms with Crippen molar-refractivity contribution in [1.29, 1.82) is 0 Å². The normalized spacial score (nSPS) is 21.1. The zero-order chi connectivity index (χ0) is 62.4. The predicted octanol–water partition coefficient (Wildman–Crippen LogP) is 5.99. The van der Waals surface area contributed by atoms with Crippen molar-refractivity contribution in [3.8, 4) is 0 Å². The maximum absolute atomic E-state index is 15.3. The SMILES string of the molecule is CCOP(=O)(OCC)C(=O)c1ccc2[nH]c(C(=O)N[C@H]3CN(C(=O)CC4CCC(Cc5ccc6c(c5)n(C)c(=O)n6[C@H]5CCC(=O)NC5=O)CC4)CC[C@H]4CC[C@@H](C(=O)N[C@@H](CCC(N)=O)C(=O)NC(c5ccccc5)c5ccccc5)N4C3=O)cc2c1. The van der Waals surface area contributed by atoms with Crippen LogP contribution in [0.3, 0.4) is 0 Å². The maximum Gasteiger partial charge on any atom is 0.401 e. The molecule has 8 amide bonds. The molecule has 23 nitrogen and oxygen atoms in total. The summed E-state index contributed by atoms with van der Waals surface area (Å²) >= 11 is 0. The van der Waals surface area contributed by atoms with Crippen molar-refractivity contribution >= 4 is 82.3 Å². The number of nitrogens with zero attached hydrogens (tertiary/aromatic N) is 4. The van der Waals surface area contributed by atoms with Crippen LogP contribution in [0.1, 0.15) is 141 Å². The van der Waals surface area contributed by atoms with Crippen molar-refractivity contribution < 1.29 is 56.8 Å². The molecular weight excluding hydrogens is 1150 g/mol. The van der Waals surface area contributed by atoms with E-state index in [9.17, 15) is 47.7 Å². The van der Waals surface area contributed by atoms with Gasteiger partial charge in [-0.3, -0.25) is 62.2 Å². The second-order valence-corrected chi connectivity index (χ2v) is 25.3. The predicted molar refractivity (Wildman–Crippen MR) is 325 cm³/mol. The molecule has 24 heteroatoms. The van der Waals surface area contributed by atoms with Crippen molar-refractivity contribution in [2.75, 3.05) is 26.3 Å². The Morgan fingerprint density at radius 1 is 0.761 bits per heavy atom. The van der Waals surface area contributed by atoms with Gasteiger partial charge in [0.05, 0.1) is 30.3 Å². The Balaban J connectivity index is 0.855. The van der Waals surface area contributed by atoms with Crippen LogP contribution in [0.2, 0.25) is 0 Å². The Morgan fingerprint density at radius 2 is 1.44 bits per heavy atom. The molecule has 0 bridgehead atoms.